The molecular formula is C18H11F3N4O2S. The number of anilines is 1. The fourth-order valence-electron chi connectivity index (χ4n) is 2.64. The normalized spacial score (nSPS) is 11.7. The van der Waals surface area contributed by atoms with Crippen LogP contribution in [0.3, 0.4) is 0 Å². The SMILES string of the molecule is O=C(Nc1ccc2nc(-n3ccnc3)sc2c1)c1cc(O)ccc1C(F)(F)F. The molecule has 0 bridgehead atoms. The van der Waals surface area contributed by atoms with E-state index >= 15 is 0 Å². The first-order chi connectivity index (χ1) is 13.3. The lowest BCUT2D eigenvalue weighted by molar-refractivity contribution is -0.137. The highest BCUT2D eigenvalue weighted by Crippen LogP contribution is 2.34. The number of carbonyl (C=O) groups excluding carboxylic acids is 1. The van der Waals surface area contributed by atoms with Gasteiger partial charge in [-0.25, -0.2) is 9.97 Å². The molecule has 2 N–H and O–H groups in total. The highest BCUT2D eigenvalue weighted by Gasteiger charge is 2.35. The number of fused-ring (bicyclic) bond motifs is 1. The van der Waals surface area contributed by atoms with E-state index in [4.69, 9.17) is 0 Å². The van der Waals surface area contributed by atoms with Crippen LogP contribution in [0.5, 0.6) is 5.75 Å². The smallest absolute Gasteiger partial charge is 0.417 e. The predicted molar refractivity (Wildman–Crippen MR) is 97.8 cm³/mol. The number of benzene rings is 2. The molecule has 0 aliphatic carbocycles. The first kappa shape index (κ1) is 18.0. The summed E-state index contributed by atoms with van der Waals surface area (Å²) in [4.78, 5) is 20.8. The van der Waals surface area contributed by atoms with Crippen molar-refractivity contribution >= 4 is 33.1 Å². The highest BCUT2D eigenvalue weighted by molar-refractivity contribution is 7.20. The molecule has 0 aliphatic rings. The standard InChI is InChI=1S/C18H11F3N4O2S/c19-18(20,21)13-3-2-11(26)8-12(13)16(27)23-10-1-4-14-15(7-10)28-17(24-14)25-6-5-22-9-25/h1-9,26H,(H,23,27). The van der Waals surface area contributed by atoms with Gasteiger partial charge in [-0.2, -0.15) is 13.2 Å². The maximum Gasteiger partial charge on any atom is 0.417 e. The number of phenols is 1. The van der Waals surface area contributed by atoms with Gasteiger partial charge in [-0.3, -0.25) is 9.36 Å². The summed E-state index contributed by atoms with van der Waals surface area (Å²) in [6.07, 6.45) is 0.231. The van der Waals surface area contributed by atoms with Gasteiger partial charge in [0.15, 0.2) is 5.13 Å². The Morgan fingerprint density at radius 1 is 1.18 bits per heavy atom. The van der Waals surface area contributed by atoms with E-state index in [2.05, 4.69) is 15.3 Å². The first-order valence-electron chi connectivity index (χ1n) is 7.92. The van der Waals surface area contributed by atoms with E-state index in [1.165, 1.54) is 11.3 Å². The summed E-state index contributed by atoms with van der Waals surface area (Å²) < 4.78 is 41.9. The summed E-state index contributed by atoms with van der Waals surface area (Å²) in [5.74, 6) is -1.40. The number of rotatable bonds is 3. The Morgan fingerprint density at radius 2 is 2.00 bits per heavy atom. The van der Waals surface area contributed by atoms with Gasteiger partial charge < -0.3 is 10.4 Å². The van der Waals surface area contributed by atoms with E-state index in [0.29, 0.717) is 22.4 Å². The average molecular weight is 404 g/mol. The minimum atomic E-state index is -4.72. The van der Waals surface area contributed by atoms with Crippen LogP contribution in [-0.2, 0) is 6.18 Å². The molecule has 142 valence electrons. The largest absolute Gasteiger partial charge is 0.508 e. The molecule has 2 aromatic carbocycles. The van der Waals surface area contributed by atoms with Crippen LogP contribution in [-0.4, -0.2) is 25.5 Å². The van der Waals surface area contributed by atoms with Gasteiger partial charge in [-0.15, -0.1) is 0 Å². The second-order valence-corrected chi connectivity index (χ2v) is 6.84. The number of nitrogens with one attached hydrogen (secondary N) is 1. The fourth-order valence-corrected chi connectivity index (χ4v) is 3.60. The third kappa shape index (κ3) is 3.41. The van der Waals surface area contributed by atoms with Crippen molar-refractivity contribution in [3.63, 3.8) is 0 Å². The van der Waals surface area contributed by atoms with Gasteiger partial charge in [0, 0.05) is 18.1 Å². The number of hydrogen-bond acceptors (Lipinski definition) is 5. The molecule has 2 aromatic heterocycles. The van der Waals surface area contributed by atoms with Crippen LogP contribution in [0.4, 0.5) is 18.9 Å². The van der Waals surface area contributed by atoms with Crippen LogP contribution >= 0.6 is 11.3 Å². The van der Waals surface area contributed by atoms with Crippen LogP contribution in [0.15, 0.2) is 55.1 Å². The molecule has 0 saturated heterocycles. The Hall–Kier alpha value is -3.40. The second-order valence-electron chi connectivity index (χ2n) is 5.83. The second kappa shape index (κ2) is 6.64. The fraction of sp³-hybridized carbons (Fsp3) is 0.0556. The van der Waals surface area contributed by atoms with Crippen LogP contribution in [0.2, 0.25) is 0 Å². The Morgan fingerprint density at radius 3 is 2.71 bits per heavy atom. The molecule has 0 saturated carbocycles. The minimum absolute atomic E-state index is 0.315. The van der Waals surface area contributed by atoms with Crippen molar-refractivity contribution in [3.8, 4) is 10.9 Å². The van der Waals surface area contributed by atoms with Crippen molar-refractivity contribution in [2.24, 2.45) is 0 Å². The van der Waals surface area contributed by atoms with Crippen molar-refractivity contribution in [3.05, 3.63) is 66.2 Å². The van der Waals surface area contributed by atoms with Crippen LogP contribution < -0.4 is 5.32 Å². The highest BCUT2D eigenvalue weighted by atomic mass is 32.1. The summed E-state index contributed by atoms with van der Waals surface area (Å²) in [5.41, 5.74) is -0.782. The lowest BCUT2D eigenvalue weighted by Gasteiger charge is -2.13. The third-order valence-corrected chi connectivity index (χ3v) is 4.95. The molecule has 0 unspecified atom stereocenters. The quantitative estimate of drug-likeness (QED) is 0.528. The zero-order valence-corrected chi connectivity index (χ0v) is 14.8. The molecule has 2 heterocycles. The number of phenolic OH excluding ortho intramolecular Hbond substituents is 1. The summed E-state index contributed by atoms with van der Waals surface area (Å²) >= 11 is 1.34. The zero-order chi connectivity index (χ0) is 19.9. The number of hydrogen-bond donors (Lipinski definition) is 2. The average Bonchev–Trinajstić information content (AvgIpc) is 3.29. The Labute approximate surface area is 159 Å². The van der Waals surface area contributed by atoms with Gasteiger partial charge in [-0.1, -0.05) is 11.3 Å². The van der Waals surface area contributed by atoms with Crippen molar-refractivity contribution in [1.82, 2.24) is 14.5 Å². The number of halogens is 3. The van der Waals surface area contributed by atoms with Crippen LogP contribution in [0.25, 0.3) is 15.3 Å². The monoisotopic (exact) mass is 404 g/mol. The molecule has 10 heteroatoms. The van der Waals surface area contributed by atoms with Crippen molar-refractivity contribution in [2.45, 2.75) is 6.18 Å². The molecule has 0 fully saturated rings. The number of thiazole rings is 1. The van der Waals surface area contributed by atoms with Gasteiger partial charge in [0.1, 0.15) is 12.1 Å². The van der Waals surface area contributed by atoms with Crippen molar-refractivity contribution in [1.29, 1.82) is 0 Å². The van der Waals surface area contributed by atoms with Crippen LogP contribution in [0, 0.1) is 0 Å². The summed E-state index contributed by atoms with van der Waals surface area (Å²) in [6, 6.07) is 7.19. The van der Waals surface area contributed by atoms with Gasteiger partial charge in [0.25, 0.3) is 5.91 Å². The number of alkyl halides is 3. The number of carbonyl (C=O) groups is 1. The maximum atomic E-state index is 13.1. The number of aromatic nitrogens is 3. The molecule has 0 aliphatic heterocycles. The van der Waals surface area contributed by atoms with E-state index < -0.39 is 29.0 Å². The Kier molecular flexibility index (Phi) is 4.27. The molecule has 4 rings (SSSR count). The van der Waals surface area contributed by atoms with E-state index in [-0.39, 0.29) is 0 Å². The zero-order valence-electron chi connectivity index (χ0n) is 13.9. The Balaban J connectivity index is 1.65. The Bertz CT molecular complexity index is 1170. The van der Waals surface area contributed by atoms with E-state index in [0.717, 1.165) is 16.8 Å². The lowest BCUT2D eigenvalue weighted by atomic mass is 10.1. The van der Waals surface area contributed by atoms with Gasteiger partial charge in [0.2, 0.25) is 0 Å². The molecule has 6 nitrogen and oxygen atoms in total. The summed E-state index contributed by atoms with van der Waals surface area (Å²) in [7, 11) is 0. The number of imidazole rings is 1. The van der Waals surface area contributed by atoms with E-state index in [1.54, 1.807) is 41.5 Å². The van der Waals surface area contributed by atoms with E-state index in [9.17, 15) is 23.1 Å². The van der Waals surface area contributed by atoms with Gasteiger partial charge in [0.05, 0.1) is 21.3 Å². The number of nitrogens with zero attached hydrogens (tertiary/aromatic N) is 3. The van der Waals surface area contributed by atoms with Gasteiger partial charge in [-0.05, 0) is 36.4 Å². The van der Waals surface area contributed by atoms with E-state index in [1.807, 2.05) is 0 Å². The van der Waals surface area contributed by atoms with Crippen LogP contribution in [0.1, 0.15) is 15.9 Å². The predicted octanol–water partition coefficient (Wildman–Crippen LogP) is 4.46. The van der Waals surface area contributed by atoms with Gasteiger partial charge >= 0.3 is 6.18 Å². The molecule has 1 amide bonds. The first-order valence-corrected chi connectivity index (χ1v) is 8.73. The summed E-state index contributed by atoms with van der Waals surface area (Å²) in [6.45, 7) is 0. The van der Waals surface area contributed by atoms with Crippen molar-refractivity contribution < 1.29 is 23.1 Å². The maximum absolute atomic E-state index is 13.1. The topological polar surface area (TPSA) is 80.0 Å². The molecule has 0 radical (unpaired) electrons. The van der Waals surface area contributed by atoms with Crippen molar-refractivity contribution in [2.75, 3.05) is 5.32 Å². The minimum Gasteiger partial charge on any atom is -0.508 e. The number of aromatic hydroxyl groups is 1. The number of amides is 1. The molecule has 0 atom stereocenters. The molecule has 4 aromatic rings. The summed E-state index contributed by atoms with van der Waals surface area (Å²) in [5, 5.41) is 12.6. The third-order valence-electron chi connectivity index (χ3n) is 3.91. The lowest BCUT2D eigenvalue weighted by Crippen LogP contribution is -2.18. The molecule has 28 heavy (non-hydrogen) atoms. The molecular weight excluding hydrogens is 393 g/mol. The molecule has 0 spiro atoms.